The molecule has 0 bridgehead atoms. The molecule has 1 atom stereocenters. The van der Waals surface area contributed by atoms with Gasteiger partial charge in [-0.1, -0.05) is 25.1 Å². The maximum Gasteiger partial charge on any atom is 0.244 e. The molecule has 2 aromatic rings. The number of anilines is 1. The molecule has 152 valence electrons. The van der Waals surface area contributed by atoms with Crippen LogP contribution >= 0.6 is 0 Å². The Bertz CT molecular complexity index is 897. The van der Waals surface area contributed by atoms with E-state index in [2.05, 4.69) is 5.32 Å². The summed E-state index contributed by atoms with van der Waals surface area (Å²) in [6.07, 6.45) is 1.41. The van der Waals surface area contributed by atoms with E-state index in [1.165, 1.54) is 7.11 Å². The fourth-order valence-corrected chi connectivity index (χ4v) is 4.15. The van der Waals surface area contributed by atoms with Gasteiger partial charge in [-0.3, -0.25) is 9.10 Å². The third-order valence-electron chi connectivity index (χ3n) is 4.30. The van der Waals surface area contributed by atoms with Crippen molar-refractivity contribution >= 4 is 21.6 Å². The molecule has 0 unspecified atom stereocenters. The zero-order valence-corrected chi connectivity index (χ0v) is 17.3. The van der Waals surface area contributed by atoms with Crippen molar-refractivity contribution in [2.45, 2.75) is 25.9 Å². The first-order chi connectivity index (χ1) is 13.3. The van der Waals surface area contributed by atoms with Crippen molar-refractivity contribution in [1.82, 2.24) is 5.32 Å². The summed E-state index contributed by atoms with van der Waals surface area (Å²) in [6.45, 7) is 2.01. The first-order valence-corrected chi connectivity index (χ1v) is 10.7. The highest BCUT2D eigenvalue weighted by atomic mass is 32.2. The van der Waals surface area contributed by atoms with E-state index in [0.717, 1.165) is 16.1 Å². The SMILES string of the molecule is CC[C@@H](C(=O)NCc1ccccc1OC)N(c1ccc(OC)cc1)S(C)(=O)=O. The molecule has 0 fully saturated rings. The Morgan fingerprint density at radius 3 is 2.25 bits per heavy atom. The number of para-hydroxylation sites is 1. The molecule has 0 aliphatic rings. The Morgan fingerprint density at radius 1 is 1.07 bits per heavy atom. The number of rotatable bonds is 9. The van der Waals surface area contributed by atoms with E-state index < -0.39 is 16.1 Å². The highest BCUT2D eigenvalue weighted by Gasteiger charge is 2.31. The quantitative estimate of drug-likeness (QED) is 0.692. The minimum absolute atomic E-state index is 0.236. The topological polar surface area (TPSA) is 84.9 Å². The molecular weight excluding hydrogens is 380 g/mol. The van der Waals surface area contributed by atoms with Crippen LogP contribution in [0.1, 0.15) is 18.9 Å². The second kappa shape index (κ2) is 9.45. The van der Waals surface area contributed by atoms with Crippen LogP contribution in [0.25, 0.3) is 0 Å². The van der Waals surface area contributed by atoms with Gasteiger partial charge in [0.05, 0.1) is 26.2 Å². The van der Waals surface area contributed by atoms with Crippen molar-refractivity contribution in [3.63, 3.8) is 0 Å². The summed E-state index contributed by atoms with van der Waals surface area (Å²) >= 11 is 0. The Kier molecular flexibility index (Phi) is 7.28. The molecule has 0 saturated heterocycles. The van der Waals surface area contributed by atoms with Crippen LogP contribution in [0.4, 0.5) is 5.69 Å². The highest BCUT2D eigenvalue weighted by Crippen LogP contribution is 2.25. The highest BCUT2D eigenvalue weighted by molar-refractivity contribution is 7.92. The average Bonchev–Trinajstić information content (AvgIpc) is 2.69. The molecule has 8 heteroatoms. The summed E-state index contributed by atoms with van der Waals surface area (Å²) in [5.41, 5.74) is 1.21. The summed E-state index contributed by atoms with van der Waals surface area (Å²) in [5, 5.41) is 2.82. The fourth-order valence-electron chi connectivity index (χ4n) is 2.94. The molecule has 1 amide bonds. The van der Waals surface area contributed by atoms with E-state index in [-0.39, 0.29) is 12.5 Å². The van der Waals surface area contributed by atoms with Gasteiger partial charge >= 0.3 is 0 Å². The molecule has 0 aliphatic carbocycles. The largest absolute Gasteiger partial charge is 0.497 e. The van der Waals surface area contributed by atoms with Crippen molar-refractivity contribution < 1.29 is 22.7 Å². The lowest BCUT2D eigenvalue weighted by atomic mass is 10.1. The maximum atomic E-state index is 12.8. The summed E-state index contributed by atoms with van der Waals surface area (Å²) in [4.78, 5) is 12.8. The van der Waals surface area contributed by atoms with E-state index >= 15 is 0 Å². The van der Waals surface area contributed by atoms with Crippen molar-refractivity contribution in [3.05, 3.63) is 54.1 Å². The molecule has 0 spiro atoms. The van der Waals surface area contributed by atoms with E-state index in [1.807, 2.05) is 18.2 Å². The smallest absolute Gasteiger partial charge is 0.244 e. The second-order valence-electron chi connectivity index (χ2n) is 6.21. The Labute approximate surface area is 166 Å². The summed E-state index contributed by atoms with van der Waals surface area (Å²) < 4.78 is 36.5. The Balaban J connectivity index is 2.25. The minimum Gasteiger partial charge on any atom is -0.497 e. The maximum absolute atomic E-state index is 12.8. The number of carbonyl (C=O) groups is 1. The van der Waals surface area contributed by atoms with Crippen LogP contribution in [-0.2, 0) is 21.4 Å². The third kappa shape index (κ3) is 5.16. The molecule has 7 nitrogen and oxygen atoms in total. The number of sulfonamides is 1. The number of nitrogens with zero attached hydrogens (tertiary/aromatic N) is 1. The van der Waals surface area contributed by atoms with Crippen LogP contribution in [-0.4, -0.2) is 40.8 Å². The average molecular weight is 407 g/mol. The first kappa shape index (κ1) is 21.6. The fraction of sp³-hybridized carbons (Fsp3) is 0.350. The number of nitrogens with one attached hydrogen (secondary N) is 1. The first-order valence-electron chi connectivity index (χ1n) is 8.84. The van der Waals surface area contributed by atoms with Gasteiger partial charge in [-0.2, -0.15) is 0 Å². The van der Waals surface area contributed by atoms with Gasteiger partial charge in [-0.25, -0.2) is 8.42 Å². The Morgan fingerprint density at radius 2 is 1.71 bits per heavy atom. The van der Waals surface area contributed by atoms with E-state index in [4.69, 9.17) is 9.47 Å². The molecular formula is C20H26N2O5S. The lowest BCUT2D eigenvalue weighted by Crippen LogP contribution is -2.49. The number of benzene rings is 2. The van der Waals surface area contributed by atoms with Crippen LogP contribution in [0.2, 0.25) is 0 Å². The van der Waals surface area contributed by atoms with Crippen molar-refractivity contribution in [3.8, 4) is 11.5 Å². The third-order valence-corrected chi connectivity index (χ3v) is 5.48. The summed E-state index contributed by atoms with van der Waals surface area (Å²) in [7, 11) is -0.591. The van der Waals surface area contributed by atoms with Gasteiger partial charge in [0.1, 0.15) is 17.5 Å². The summed E-state index contributed by atoms with van der Waals surface area (Å²) in [5.74, 6) is 0.881. The van der Waals surface area contributed by atoms with Crippen molar-refractivity contribution in [2.75, 3.05) is 24.8 Å². The van der Waals surface area contributed by atoms with Gasteiger partial charge in [0, 0.05) is 12.1 Å². The van der Waals surface area contributed by atoms with Gasteiger partial charge in [-0.05, 0) is 36.8 Å². The van der Waals surface area contributed by atoms with E-state index in [9.17, 15) is 13.2 Å². The van der Waals surface area contributed by atoms with Gasteiger partial charge in [0.25, 0.3) is 0 Å². The standard InChI is InChI=1S/C20H26N2O5S/c1-5-18(20(23)21-14-15-8-6-7-9-19(15)27-3)22(28(4,24)25)16-10-12-17(26-2)13-11-16/h6-13,18H,5,14H2,1-4H3,(H,21,23)/t18-/m0/s1. The molecule has 0 aromatic heterocycles. The molecule has 0 aliphatic heterocycles. The number of methoxy groups -OCH3 is 2. The van der Waals surface area contributed by atoms with Crippen LogP contribution in [0, 0.1) is 0 Å². The lowest BCUT2D eigenvalue weighted by Gasteiger charge is -2.30. The number of carbonyl (C=O) groups excluding carboxylic acids is 1. The zero-order chi connectivity index (χ0) is 20.7. The van der Waals surface area contributed by atoms with E-state index in [0.29, 0.717) is 23.6 Å². The molecule has 0 saturated carbocycles. The van der Waals surface area contributed by atoms with Gasteiger partial charge in [0.2, 0.25) is 15.9 Å². The van der Waals surface area contributed by atoms with Crippen LogP contribution in [0.15, 0.2) is 48.5 Å². The van der Waals surface area contributed by atoms with Crippen LogP contribution in [0.3, 0.4) is 0 Å². The van der Waals surface area contributed by atoms with Crippen LogP contribution < -0.4 is 19.1 Å². The van der Waals surface area contributed by atoms with Crippen LogP contribution in [0.5, 0.6) is 11.5 Å². The molecule has 2 rings (SSSR count). The molecule has 0 heterocycles. The van der Waals surface area contributed by atoms with Gasteiger partial charge in [0.15, 0.2) is 0 Å². The lowest BCUT2D eigenvalue weighted by molar-refractivity contribution is -0.122. The monoisotopic (exact) mass is 406 g/mol. The number of hydrogen-bond donors (Lipinski definition) is 1. The molecule has 0 radical (unpaired) electrons. The number of hydrogen-bond acceptors (Lipinski definition) is 5. The Hall–Kier alpha value is -2.74. The van der Waals surface area contributed by atoms with Gasteiger partial charge < -0.3 is 14.8 Å². The van der Waals surface area contributed by atoms with Crippen molar-refractivity contribution in [2.24, 2.45) is 0 Å². The number of ether oxygens (including phenoxy) is 2. The predicted octanol–water partition coefficient (Wildman–Crippen LogP) is 2.56. The predicted molar refractivity (Wildman–Crippen MR) is 109 cm³/mol. The normalized spacial score (nSPS) is 12.1. The zero-order valence-electron chi connectivity index (χ0n) is 16.5. The van der Waals surface area contributed by atoms with E-state index in [1.54, 1.807) is 44.4 Å². The molecule has 2 aromatic carbocycles. The summed E-state index contributed by atoms with van der Waals surface area (Å²) in [6, 6.07) is 13.0. The molecule has 28 heavy (non-hydrogen) atoms. The number of amides is 1. The van der Waals surface area contributed by atoms with Crippen molar-refractivity contribution in [1.29, 1.82) is 0 Å². The molecule has 1 N–H and O–H groups in total. The minimum atomic E-state index is -3.68. The second-order valence-corrected chi connectivity index (χ2v) is 8.07. The van der Waals surface area contributed by atoms with Gasteiger partial charge in [-0.15, -0.1) is 0 Å².